The molecule has 0 aromatic carbocycles. The molecule has 2 rings (SSSR count). The Bertz CT molecular complexity index is 405. The number of hydrogen-bond donors (Lipinski definition) is 0. The minimum Gasteiger partial charge on any atom is -0.237 e. The molecule has 0 amide bonds. The number of nitrogens with zero attached hydrogens (tertiary/aromatic N) is 4. The third-order valence-electron chi connectivity index (χ3n) is 2.19. The topological polar surface area (TPSA) is 26.6 Å². The van der Waals surface area contributed by atoms with Gasteiger partial charge < -0.3 is 0 Å². The van der Waals surface area contributed by atoms with Crippen LogP contribution in [-0.4, -0.2) is 14.1 Å². The maximum Gasteiger partial charge on any atom is 0.369 e. The van der Waals surface area contributed by atoms with Crippen LogP contribution in [0.1, 0.15) is 5.82 Å². The zero-order valence-corrected chi connectivity index (χ0v) is 8.10. The van der Waals surface area contributed by atoms with Crippen molar-refractivity contribution in [2.45, 2.75) is 6.92 Å². The van der Waals surface area contributed by atoms with E-state index in [2.05, 4.69) is 18.7 Å². The van der Waals surface area contributed by atoms with Gasteiger partial charge in [0.2, 0.25) is 0 Å². The fraction of sp³-hybridized carbons (Fsp3) is 0.333. The Labute approximate surface area is 77.1 Å². The van der Waals surface area contributed by atoms with Gasteiger partial charge in [-0.05, 0) is 0 Å². The number of hydrogen-bond acceptors (Lipinski definition) is 1. The molecule has 0 fully saturated rings. The molecule has 0 bridgehead atoms. The first-order chi connectivity index (χ1) is 6.20. The summed E-state index contributed by atoms with van der Waals surface area (Å²) in [4.78, 5) is 4.19. The summed E-state index contributed by atoms with van der Waals surface area (Å²) in [7, 11) is 4.05. The van der Waals surface area contributed by atoms with Crippen molar-refractivity contribution in [3.63, 3.8) is 0 Å². The van der Waals surface area contributed by atoms with E-state index in [4.69, 9.17) is 0 Å². The second-order valence-corrected chi connectivity index (χ2v) is 3.16. The zero-order valence-electron chi connectivity index (χ0n) is 8.10. The van der Waals surface area contributed by atoms with Crippen LogP contribution >= 0.6 is 0 Å². The van der Waals surface area contributed by atoms with E-state index in [1.807, 2.05) is 45.8 Å². The lowest BCUT2D eigenvalue weighted by Crippen LogP contribution is -2.32. The van der Waals surface area contributed by atoms with E-state index >= 15 is 0 Å². The Morgan fingerprint density at radius 2 is 2.15 bits per heavy atom. The third kappa shape index (κ3) is 1.14. The number of imidazole rings is 2. The zero-order chi connectivity index (χ0) is 9.42. The van der Waals surface area contributed by atoms with Gasteiger partial charge in [0, 0.05) is 6.92 Å². The van der Waals surface area contributed by atoms with Gasteiger partial charge >= 0.3 is 5.95 Å². The van der Waals surface area contributed by atoms with Crippen LogP contribution in [0, 0.1) is 6.92 Å². The highest BCUT2D eigenvalue weighted by atomic mass is 15.3. The Balaban J connectivity index is 2.64. The van der Waals surface area contributed by atoms with E-state index in [0.717, 1.165) is 11.8 Å². The van der Waals surface area contributed by atoms with Gasteiger partial charge in [0.05, 0.1) is 38.9 Å². The van der Waals surface area contributed by atoms with E-state index in [1.54, 1.807) is 0 Å². The number of aryl methyl sites for hydroxylation is 3. The second kappa shape index (κ2) is 2.73. The van der Waals surface area contributed by atoms with Gasteiger partial charge in [-0.3, -0.25) is 0 Å². The molecule has 0 spiro atoms. The lowest BCUT2D eigenvalue weighted by atomic mass is 10.7. The average molecular weight is 177 g/mol. The quantitative estimate of drug-likeness (QED) is 0.577. The van der Waals surface area contributed by atoms with Crippen molar-refractivity contribution >= 4 is 0 Å². The minimum absolute atomic E-state index is 0.998. The van der Waals surface area contributed by atoms with Crippen molar-refractivity contribution in [3.05, 3.63) is 30.6 Å². The van der Waals surface area contributed by atoms with Crippen molar-refractivity contribution in [2.24, 2.45) is 14.1 Å². The van der Waals surface area contributed by atoms with Crippen LogP contribution in [0.4, 0.5) is 0 Å². The molecular formula is C9H13N4+. The van der Waals surface area contributed by atoms with Crippen LogP contribution in [-0.2, 0) is 14.1 Å². The fourth-order valence-corrected chi connectivity index (χ4v) is 1.51. The average Bonchev–Trinajstić information content (AvgIpc) is 2.60. The van der Waals surface area contributed by atoms with Gasteiger partial charge in [-0.15, -0.1) is 0 Å². The van der Waals surface area contributed by atoms with Crippen LogP contribution in [0.5, 0.6) is 0 Å². The molecule has 0 saturated carbocycles. The first-order valence-corrected chi connectivity index (χ1v) is 4.21. The van der Waals surface area contributed by atoms with Crippen LogP contribution in [0.25, 0.3) is 5.95 Å². The van der Waals surface area contributed by atoms with Crippen molar-refractivity contribution in [3.8, 4) is 5.95 Å². The monoisotopic (exact) mass is 177 g/mol. The fourth-order valence-electron chi connectivity index (χ4n) is 1.51. The lowest BCUT2D eigenvalue weighted by molar-refractivity contribution is -0.665. The van der Waals surface area contributed by atoms with Crippen LogP contribution in [0.15, 0.2) is 24.8 Å². The summed E-state index contributed by atoms with van der Waals surface area (Å²) >= 11 is 0. The van der Waals surface area contributed by atoms with E-state index in [1.165, 1.54) is 0 Å². The Morgan fingerprint density at radius 3 is 2.62 bits per heavy atom. The van der Waals surface area contributed by atoms with Gasteiger partial charge in [0.25, 0.3) is 0 Å². The maximum absolute atomic E-state index is 4.19. The first-order valence-electron chi connectivity index (χ1n) is 4.21. The standard InChI is InChI=1S/C9H13N4/c1-8-10-4-5-13(8)9-11(2)6-7-12(9)3/h4-7H,1-3H3/q+1. The summed E-state index contributed by atoms with van der Waals surface area (Å²) in [5, 5.41) is 0. The van der Waals surface area contributed by atoms with Gasteiger partial charge in [-0.2, -0.15) is 4.57 Å². The smallest absolute Gasteiger partial charge is 0.237 e. The van der Waals surface area contributed by atoms with E-state index < -0.39 is 0 Å². The molecule has 13 heavy (non-hydrogen) atoms. The molecule has 0 aliphatic carbocycles. The molecular weight excluding hydrogens is 164 g/mol. The van der Waals surface area contributed by atoms with Crippen LogP contribution in [0.2, 0.25) is 0 Å². The maximum atomic E-state index is 4.19. The molecule has 0 aliphatic heterocycles. The molecule has 0 saturated heterocycles. The van der Waals surface area contributed by atoms with E-state index in [-0.39, 0.29) is 0 Å². The molecule has 2 heterocycles. The summed E-state index contributed by atoms with van der Waals surface area (Å²) in [5.74, 6) is 2.10. The highest BCUT2D eigenvalue weighted by Gasteiger charge is 2.15. The summed E-state index contributed by atoms with van der Waals surface area (Å²) < 4.78 is 6.18. The Kier molecular flexibility index (Phi) is 1.69. The highest BCUT2D eigenvalue weighted by molar-refractivity contribution is 5.10. The summed E-state index contributed by atoms with van der Waals surface area (Å²) in [6.45, 7) is 1.99. The molecule has 4 heteroatoms. The molecule has 0 unspecified atom stereocenters. The lowest BCUT2D eigenvalue weighted by Gasteiger charge is -1.98. The number of aromatic nitrogens is 4. The Morgan fingerprint density at radius 1 is 1.38 bits per heavy atom. The molecule has 0 radical (unpaired) electrons. The predicted molar refractivity (Wildman–Crippen MR) is 48.4 cm³/mol. The van der Waals surface area contributed by atoms with Gasteiger partial charge in [0.1, 0.15) is 0 Å². The SMILES string of the molecule is Cc1nccn1-c1n(C)cc[n+]1C. The van der Waals surface area contributed by atoms with Crippen molar-refractivity contribution in [1.29, 1.82) is 0 Å². The van der Waals surface area contributed by atoms with E-state index in [0.29, 0.717) is 0 Å². The van der Waals surface area contributed by atoms with Gasteiger partial charge in [0.15, 0.2) is 5.82 Å². The van der Waals surface area contributed by atoms with Crippen molar-refractivity contribution in [2.75, 3.05) is 0 Å². The third-order valence-corrected chi connectivity index (χ3v) is 2.19. The van der Waals surface area contributed by atoms with Gasteiger partial charge in [-0.1, -0.05) is 0 Å². The second-order valence-electron chi connectivity index (χ2n) is 3.16. The molecule has 0 N–H and O–H groups in total. The summed E-state index contributed by atoms with van der Waals surface area (Å²) in [5.41, 5.74) is 0. The molecule has 4 nitrogen and oxygen atoms in total. The molecule has 2 aromatic rings. The number of rotatable bonds is 1. The summed E-state index contributed by atoms with van der Waals surface area (Å²) in [6.07, 6.45) is 7.82. The highest BCUT2D eigenvalue weighted by Crippen LogP contribution is 2.03. The summed E-state index contributed by atoms with van der Waals surface area (Å²) in [6, 6.07) is 0. The minimum atomic E-state index is 0.998. The molecule has 0 aliphatic rings. The molecule has 2 aromatic heterocycles. The van der Waals surface area contributed by atoms with Crippen molar-refractivity contribution < 1.29 is 4.57 Å². The van der Waals surface area contributed by atoms with Gasteiger partial charge in [-0.25, -0.2) is 14.1 Å². The molecule has 68 valence electrons. The van der Waals surface area contributed by atoms with Crippen LogP contribution in [0.3, 0.4) is 0 Å². The van der Waals surface area contributed by atoms with E-state index in [9.17, 15) is 0 Å². The normalized spacial score (nSPS) is 10.7. The first kappa shape index (κ1) is 8.04. The van der Waals surface area contributed by atoms with Crippen LogP contribution < -0.4 is 4.57 Å². The predicted octanol–water partition coefficient (Wildman–Crippen LogP) is 0.344. The largest absolute Gasteiger partial charge is 0.369 e. The van der Waals surface area contributed by atoms with Crippen molar-refractivity contribution in [1.82, 2.24) is 14.1 Å². The molecule has 0 atom stereocenters. The Hall–Kier alpha value is -1.58.